The van der Waals surface area contributed by atoms with Crippen LogP contribution in [0.3, 0.4) is 0 Å². The smallest absolute Gasteiger partial charge is 0.0702 e. The van der Waals surface area contributed by atoms with Gasteiger partial charge in [0.05, 0.1) is 11.4 Å². The van der Waals surface area contributed by atoms with Crippen molar-refractivity contribution in [1.29, 1.82) is 0 Å². The molecule has 0 N–H and O–H groups in total. The highest BCUT2D eigenvalue weighted by Gasteiger charge is 2.08. The average molecular weight is 307 g/mol. The lowest BCUT2D eigenvalue weighted by molar-refractivity contribution is 1.31. The van der Waals surface area contributed by atoms with Gasteiger partial charge in [-0.25, -0.2) is 0 Å². The van der Waals surface area contributed by atoms with E-state index in [4.69, 9.17) is 0 Å². The summed E-state index contributed by atoms with van der Waals surface area (Å²) >= 11 is 0. The van der Waals surface area contributed by atoms with Crippen molar-refractivity contribution in [3.05, 3.63) is 97.3 Å². The minimum Gasteiger partial charge on any atom is -0.256 e. The molecule has 2 aromatic heterocycles. The second-order valence-electron chi connectivity index (χ2n) is 5.52. The highest BCUT2D eigenvalue weighted by atomic mass is 14.7. The Bertz CT molecular complexity index is 794. The van der Waals surface area contributed by atoms with Crippen molar-refractivity contribution in [3.63, 3.8) is 0 Å². The highest BCUT2D eigenvalue weighted by Crippen LogP contribution is 2.31. The van der Waals surface area contributed by atoms with E-state index in [1.165, 1.54) is 0 Å². The maximum Gasteiger partial charge on any atom is 0.0702 e. The van der Waals surface area contributed by atoms with Crippen LogP contribution in [0.25, 0.3) is 33.6 Å². The van der Waals surface area contributed by atoms with Gasteiger partial charge >= 0.3 is 0 Å². The summed E-state index contributed by atoms with van der Waals surface area (Å²) in [4.78, 5) is 8.98. The summed E-state index contributed by atoms with van der Waals surface area (Å²) in [6, 6.07) is 29.5. The van der Waals surface area contributed by atoms with Crippen LogP contribution in [0.4, 0.5) is 0 Å². The lowest BCUT2D eigenvalue weighted by Gasteiger charge is -2.10. The molecule has 0 saturated carbocycles. The van der Waals surface area contributed by atoms with Crippen molar-refractivity contribution in [2.75, 3.05) is 0 Å². The summed E-state index contributed by atoms with van der Waals surface area (Å²) in [5, 5.41) is 0. The van der Waals surface area contributed by atoms with Gasteiger partial charge in [0.15, 0.2) is 0 Å². The lowest BCUT2D eigenvalue weighted by atomic mass is 9.96. The van der Waals surface area contributed by atoms with Crippen molar-refractivity contribution in [1.82, 2.24) is 9.97 Å². The zero-order chi connectivity index (χ0) is 16.2. The van der Waals surface area contributed by atoms with Crippen LogP contribution in [0.1, 0.15) is 0 Å². The Kier molecular flexibility index (Phi) is 3.86. The van der Waals surface area contributed by atoms with E-state index < -0.39 is 0 Å². The third-order valence-corrected chi connectivity index (χ3v) is 3.89. The average Bonchev–Trinajstić information content (AvgIpc) is 2.70. The molecule has 0 aliphatic carbocycles. The number of rotatable bonds is 3. The van der Waals surface area contributed by atoms with Gasteiger partial charge in [-0.1, -0.05) is 30.3 Å². The van der Waals surface area contributed by atoms with Crippen LogP contribution in [0.15, 0.2) is 91.3 Å². The summed E-state index contributed by atoms with van der Waals surface area (Å²) in [6.45, 7) is 0. The monoisotopic (exact) mass is 307 g/mol. The Morgan fingerprint density at radius 2 is 1.21 bits per heavy atom. The van der Waals surface area contributed by atoms with Crippen LogP contribution < -0.4 is 0 Å². The molecule has 2 heterocycles. The molecule has 24 heavy (non-hydrogen) atoms. The fourth-order valence-corrected chi connectivity index (χ4v) is 2.73. The van der Waals surface area contributed by atoms with Gasteiger partial charge in [0.2, 0.25) is 0 Å². The molecule has 0 unspecified atom stereocenters. The molecule has 0 amide bonds. The van der Waals surface area contributed by atoms with Gasteiger partial charge in [-0.05, 0) is 65.7 Å². The van der Waals surface area contributed by atoms with Gasteiger partial charge in [-0.3, -0.25) is 9.97 Å². The van der Waals surface area contributed by atoms with E-state index in [2.05, 4.69) is 40.3 Å². The summed E-state index contributed by atoms with van der Waals surface area (Å²) < 4.78 is 0. The standard InChI is InChI=1S/C22H15N2/c1-2-8-17(9-3-1)18-14-19(21-10-4-6-12-23-21)16-20(15-18)22-11-5-7-13-24-22/h1-2,4-16H. The predicted octanol–water partition coefficient (Wildman–Crippen LogP) is 5.28. The molecule has 0 atom stereocenters. The zero-order valence-electron chi connectivity index (χ0n) is 13.1. The number of aromatic nitrogens is 2. The van der Waals surface area contributed by atoms with Crippen molar-refractivity contribution < 1.29 is 0 Å². The molecule has 2 aromatic carbocycles. The molecular weight excluding hydrogens is 292 g/mol. The van der Waals surface area contributed by atoms with Crippen LogP contribution in [-0.4, -0.2) is 9.97 Å². The fraction of sp³-hybridized carbons (Fsp3) is 0. The van der Waals surface area contributed by atoms with Crippen LogP contribution in [0.5, 0.6) is 0 Å². The molecule has 2 heteroatoms. The Hall–Kier alpha value is -3.26. The van der Waals surface area contributed by atoms with E-state index in [0.717, 1.165) is 33.6 Å². The Morgan fingerprint density at radius 1 is 0.583 bits per heavy atom. The van der Waals surface area contributed by atoms with E-state index in [-0.39, 0.29) is 0 Å². The Labute approximate surface area is 141 Å². The first-order chi connectivity index (χ1) is 11.9. The molecule has 0 aliphatic heterocycles. The number of hydrogen-bond donors (Lipinski definition) is 0. The second kappa shape index (κ2) is 6.47. The van der Waals surface area contributed by atoms with Crippen LogP contribution in [0.2, 0.25) is 0 Å². The summed E-state index contributed by atoms with van der Waals surface area (Å²) in [5.41, 5.74) is 6.34. The van der Waals surface area contributed by atoms with Crippen molar-refractivity contribution in [2.45, 2.75) is 0 Å². The Morgan fingerprint density at radius 3 is 1.71 bits per heavy atom. The molecule has 113 valence electrons. The van der Waals surface area contributed by atoms with E-state index >= 15 is 0 Å². The molecule has 0 spiro atoms. The normalized spacial score (nSPS) is 10.5. The molecule has 0 fully saturated rings. The third kappa shape index (κ3) is 2.95. The van der Waals surface area contributed by atoms with Crippen molar-refractivity contribution in [3.8, 4) is 33.6 Å². The van der Waals surface area contributed by atoms with Gasteiger partial charge in [0.1, 0.15) is 0 Å². The number of hydrogen-bond acceptors (Lipinski definition) is 2. The highest BCUT2D eigenvalue weighted by molar-refractivity contribution is 5.79. The number of benzene rings is 2. The second-order valence-corrected chi connectivity index (χ2v) is 5.52. The Balaban J connectivity index is 1.92. The van der Waals surface area contributed by atoms with Gasteiger partial charge < -0.3 is 0 Å². The first-order valence-corrected chi connectivity index (χ1v) is 7.84. The van der Waals surface area contributed by atoms with Crippen molar-refractivity contribution >= 4 is 0 Å². The number of nitrogens with zero attached hydrogens (tertiary/aromatic N) is 2. The SMILES string of the molecule is [c]1cccc(-c2cc(-c3ccccn3)cc(-c3ccccn3)c2)c1. The molecule has 2 nitrogen and oxygen atoms in total. The van der Waals surface area contributed by atoms with Gasteiger partial charge in [0.25, 0.3) is 0 Å². The first kappa shape index (κ1) is 14.3. The minimum absolute atomic E-state index is 0.955. The van der Waals surface area contributed by atoms with Gasteiger partial charge in [-0.2, -0.15) is 0 Å². The summed E-state index contributed by atoms with van der Waals surface area (Å²) in [7, 11) is 0. The summed E-state index contributed by atoms with van der Waals surface area (Å²) in [6.07, 6.45) is 3.64. The van der Waals surface area contributed by atoms with Gasteiger partial charge in [0, 0.05) is 23.5 Å². The van der Waals surface area contributed by atoms with Crippen molar-refractivity contribution in [2.24, 2.45) is 0 Å². The van der Waals surface area contributed by atoms with Crippen LogP contribution in [-0.2, 0) is 0 Å². The largest absolute Gasteiger partial charge is 0.256 e. The topological polar surface area (TPSA) is 25.8 Å². The van der Waals surface area contributed by atoms with E-state index in [1.807, 2.05) is 67.0 Å². The lowest BCUT2D eigenvalue weighted by Crippen LogP contribution is -1.89. The maximum atomic E-state index is 4.49. The molecule has 0 bridgehead atoms. The molecular formula is C22H15N2. The zero-order valence-corrected chi connectivity index (χ0v) is 13.1. The minimum atomic E-state index is 0.955. The van der Waals surface area contributed by atoms with E-state index in [1.54, 1.807) is 0 Å². The molecule has 0 aliphatic rings. The molecule has 4 aromatic rings. The predicted molar refractivity (Wildman–Crippen MR) is 97.2 cm³/mol. The third-order valence-electron chi connectivity index (χ3n) is 3.89. The molecule has 4 rings (SSSR count). The van der Waals surface area contributed by atoms with E-state index in [9.17, 15) is 0 Å². The summed E-state index contributed by atoms with van der Waals surface area (Å²) in [5.74, 6) is 0. The van der Waals surface area contributed by atoms with Crippen LogP contribution in [0, 0.1) is 6.07 Å². The number of pyridine rings is 2. The molecule has 1 radical (unpaired) electrons. The van der Waals surface area contributed by atoms with Gasteiger partial charge in [-0.15, -0.1) is 0 Å². The maximum absolute atomic E-state index is 4.49. The quantitative estimate of drug-likeness (QED) is 0.515. The molecule has 0 saturated heterocycles. The first-order valence-electron chi connectivity index (χ1n) is 7.84. The van der Waals surface area contributed by atoms with E-state index in [0.29, 0.717) is 0 Å². The van der Waals surface area contributed by atoms with Crippen LogP contribution >= 0.6 is 0 Å². The fourth-order valence-electron chi connectivity index (χ4n) is 2.73.